The van der Waals surface area contributed by atoms with Gasteiger partial charge in [0.05, 0.1) is 0 Å². The average molecular weight is 193 g/mol. The molecule has 1 unspecified atom stereocenters. The summed E-state index contributed by atoms with van der Waals surface area (Å²) in [7, 11) is 0. The van der Waals surface area contributed by atoms with Crippen LogP contribution in [-0.4, -0.2) is 11.8 Å². The molecule has 70 valence electrons. The summed E-state index contributed by atoms with van der Waals surface area (Å²) < 4.78 is 0. The second kappa shape index (κ2) is 3.26. The van der Waals surface area contributed by atoms with Crippen LogP contribution in [0.15, 0.2) is 17.0 Å². The van der Waals surface area contributed by atoms with E-state index >= 15 is 0 Å². The monoisotopic (exact) mass is 193 g/mol. The molecule has 1 atom stereocenters. The van der Waals surface area contributed by atoms with Crippen molar-refractivity contribution in [1.82, 2.24) is 0 Å². The molecule has 0 aromatic heterocycles. The van der Waals surface area contributed by atoms with E-state index in [1.807, 2.05) is 11.8 Å². The van der Waals surface area contributed by atoms with E-state index in [4.69, 9.17) is 0 Å². The van der Waals surface area contributed by atoms with Gasteiger partial charge in [0.15, 0.2) is 0 Å². The Labute approximate surface area is 83.9 Å². The summed E-state index contributed by atoms with van der Waals surface area (Å²) in [5.74, 6) is 1.18. The molecule has 0 fully saturated rings. The first-order valence-corrected chi connectivity index (χ1v) is 5.66. The largest absolute Gasteiger partial charge is 0.381 e. The van der Waals surface area contributed by atoms with Gasteiger partial charge in [-0.05, 0) is 44.0 Å². The Bertz CT molecular complexity index is 333. The smallest absolute Gasteiger partial charge is 0.0483 e. The molecular weight excluding hydrogens is 178 g/mol. The zero-order chi connectivity index (χ0) is 9.42. The second-order valence-corrected chi connectivity index (χ2v) is 4.85. The van der Waals surface area contributed by atoms with Crippen LogP contribution in [-0.2, 0) is 0 Å². The maximum atomic E-state index is 3.51. The van der Waals surface area contributed by atoms with Gasteiger partial charge < -0.3 is 5.32 Å². The normalized spacial score (nSPS) is 20.7. The Kier molecular flexibility index (Phi) is 2.24. The number of hydrogen-bond donors (Lipinski definition) is 1. The van der Waals surface area contributed by atoms with Crippen LogP contribution in [0.2, 0.25) is 0 Å². The Morgan fingerprint density at radius 2 is 2.00 bits per heavy atom. The lowest BCUT2D eigenvalue weighted by Gasteiger charge is -2.24. The molecule has 1 aromatic rings. The molecule has 1 aliphatic rings. The quantitative estimate of drug-likeness (QED) is 0.679. The fraction of sp³-hybridized carbons (Fsp3) is 0.455. The van der Waals surface area contributed by atoms with E-state index in [2.05, 4.69) is 38.2 Å². The number of fused-ring (bicyclic) bond motifs is 1. The molecule has 13 heavy (non-hydrogen) atoms. The third kappa shape index (κ3) is 1.68. The first-order valence-electron chi connectivity index (χ1n) is 4.67. The fourth-order valence-corrected chi connectivity index (χ4v) is 2.59. The van der Waals surface area contributed by atoms with Gasteiger partial charge in [0, 0.05) is 22.4 Å². The van der Waals surface area contributed by atoms with Gasteiger partial charge in [-0.2, -0.15) is 0 Å². The van der Waals surface area contributed by atoms with Crippen LogP contribution < -0.4 is 5.32 Å². The predicted molar refractivity (Wildman–Crippen MR) is 59.7 cm³/mol. The van der Waals surface area contributed by atoms with Crippen molar-refractivity contribution in [2.24, 2.45) is 0 Å². The minimum absolute atomic E-state index is 0.597. The molecule has 0 aliphatic carbocycles. The minimum atomic E-state index is 0.597. The molecule has 0 amide bonds. The molecule has 0 bridgehead atoms. The lowest BCUT2D eigenvalue weighted by atomic mass is 10.1. The topological polar surface area (TPSA) is 12.0 Å². The van der Waals surface area contributed by atoms with Gasteiger partial charge in [0.1, 0.15) is 0 Å². The molecule has 1 aliphatic heterocycles. The zero-order valence-electron chi connectivity index (χ0n) is 8.35. The minimum Gasteiger partial charge on any atom is -0.381 e. The highest BCUT2D eigenvalue weighted by Gasteiger charge is 2.14. The second-order valence-electron chi connectivity index (χ2n) is 3.79. The summed E-state index contributed by atoms with van der Waals surface area (Å²) in [6, 6.07) is 5.14. The van der Waals surface area contributed by atoms with Crippen molar-refractivity contribution in [3.63, 3.8) is 0 Å². The third-order valence-corrected chi connectivity index (χ3v) is 3.80. The molecule has 1 nitrogen and oxygen atoms in total. The van der Waals surface area contributed by atoms with E-state index < -0.39 is 0 Å². The highest BCUT2D eigenvalue weighted by Crippen LogP contribution is 2.34. The fourth-order valence-electron chi connectivity index (χ4n) is 1.54. The summed E-state index contributed by atoms with van der Waals surface area (Å²) in [5, 5.41) is 3.51. The number of thioether (sulfide) groups is 1. The summed E-state index contributed by atoms with van der Waals surface area (Å²) in [6.07, 6.45) is 0. The Morgan fingerprint density at radius 1 is 1.31 bits per heavy atom. The highest BCUT2D eigenvalue weighted by molar-refractivity contribution is 7.99. The highest BCUT2D eigenvalue weighted by atomic mass is 32.2. The van der Waals surface area contributed by atoms with Gasteiger partial charge in [0.2, 0.25) is 0 Å². The zero-order valence-corrected chi connectivity index (χ0v) is 9.16. The van der Waals surface area contributed by atoms with E-state index in [0.29, 0.717) is 6.04 Å². The van der Waals surface area contributed by atoms with E-state index in [1.165, 1.54) is 27.5 Å². The molecule has 2 heteroatoms. The molecule has 1 N–H and O–H groups in total. The average Bonchev–Trinajstić information content (AvgIpc) is 2.08. The first kappa shape index (κ1) is 8.95. The predicted octanol–water partition coefficient (Wildman–Crippen LogP) is 3.21. The molecule has 1 aromatic carbocycles. The van der Waals surface area contributed by atoms with Crippen molar-refractivity contribution >= 4 is 17.4 Å². The Hall–Kier alpha value is -0.630. The maximum absolute atomic E-state index is 3.51. The summed E-state index contributed by atoms with van der Waals surface area (Å²) >= 11 is 1.96. The molecule has 0 radical (unpaired) electrons. The molecule has 2 rings (SSSR count). The summed E-state index contributed by atoms with van der Waals surface area (Å²) in [5.41, 5.74) is 4.08. The Morgan fingerprint density at radius 3 is 2.77 bits per heavy atom. The third-order valence-electron chi connectivity index (χ3n) is 2.49. The first-order chi connectivity index (χ1) is 6.16. The van der Waals surface area contributed by atoms with Crippen molar-refractivity contribution in [2.45, 2.75) is 31.7 Å². The number of aryl methyl sites for hydroxylation is 2. The van der Waals surface area contributed by atoms with Crippen LogP contribution in [0.25, 0.3) is 0 Å². The van der Waals surface area contributed by atoms with Gasteiger partial charge in [-0.3, -0.25) is 0 Å². The molecule has 0 spiro atoms. The van der Waals surface area contributed by atoms with Crippen LogP contribution in [0.5, 0.6) is 0 Å². The molecular formula is C11H15NS. The lowest BCUT2D eigenvalue weighted by Crippen LogP contribution is -2.22. The van der Waals surface area contributed by atoms with Crippen molar-refractivity contribution in [3.05, 3.63) is 23.3 Å². The number of anilines is 1. The van der Waals surface area contributed by atoms with Gasteiger partial charge in [-0.15, -0.1) is 11.8 Å². The molecule has 0 saturated heterocycles. The van der Waals surface area contributed by atoms with Crippen LogP contribution >= 0.6 is 11.8 Å². The van der Waals surface area contributed by atoms with Crippen LogP contribution in [0.3, 0.4) is 0 Å². The molecule has 0 saturated carbocycles. The van der Waals surface area contributed by atoms with Gasteiger partial charge >= 0.3 is 0 Å². The number of nitrogens with one attached hydrogen (secondary N) is 1. The van der Waals surface area contributed by atoms with Crippen molar-refractivity contribution in [1.29, 1.82) is 0 Å². The van der Waals surface area contributed by atoms with Crippen LogP contribution in [0, 0.1) is 13.8 Å². The molecule has 1 heterocycles. The summed E-state index contributed by atoms with van der Waals surface area (Å²) in [6.45, 7) is 6.57. The van der Waals surface area contributed by atoms with Gasteiger partial charge in [-0.25, -0.2) is 0 Å². The number of hydrogen-bond acceptors (Lipinski definition) is 2. The van der Waals surface area contributed by atoms with Gasteiger partial charge in [0.25, 0.3) is 0 Å². The van der Waals surface area contributed by atoms with E-state index in [-0.39, 0.29) is 0 Å². The van der Waals surface area contributed by atoms with E-state index in [0.717, 1.165) is 0 Å². The maximum Gasteiger partial charge on any atom is 0.0483 e. The number of rotatable bonds is 0. The standard InChI is InChI=1S/C11H15NS/c1-7-4-10-11(5-8(7)2)13-6-9(3)12-10/h4-5,9,12H,6H2,1-3H3. The van der Waals surface area contributed by atoms with E-state index in [1.54, 1.807) is 0 Å². The van der Waals surface area contributed by atoms with Crippen molar-refractivity contribution in [3.8, 4) is 0 Å². The lowest BCUT2D eigenvalue weighted by molar-refractivity contribution is 0.893. The van der Waals surface area contributed by atoms with E-state index in [9.17, 15) is 0 Å². The Balaban J connectivity index is 2.43. The van der Waals surface area contributed by atoms with Crippen LogP contribution in [0.1, 0.15) is 18.1 Å². The van der Waals surface area contributed by atoms with Crippen molar-refractivity contribution in [2.75, 3.05) is 11.1 Å². The van der Waals surface area contributed by atoms with Gasteiger partial charge in [-0.1, -0.05) is 0 Å². The summed E-state index contributed by atoms with van der Waals surface area (Å²) in [4.78, 5) is 1.40. The van der Waals surface area contributed by atoms with Crippen LogP contribution in [0.4, 0.5) is 5.69 Å². The number of benzene rings is 1. The van der Waals surface area contributed by atoms with Crippen molar-refractivity contribution < 1.29 is 0 Å². The SMILES string of the molecule is Cc1cc2c(cc1C)SCC(C)N2.